The van der Waals surface area contributed by atoms with Gasteiger partial charge in [0.15, 0.2) is 0 Å². The van der Waals surface area contributed by atoms with E-state index < -0.39 is 4.92 Å². The minimum absolute atomic E-state index is 0.0485. The highest BCUT2D eigenvalue weighted by Gasteiger charge is 2.17. The zero-order valence-electron chi connectivity index (χ0n) is 15.2. The van der Waals surface area contributed by atoms with Crippen LogP contribution in [0.25, 0.3) is 0 Å². The van der Waals surface area contributed by atoms with E-state index in [9.17, 15) is 10.1 Å². The second-order valence-electron chi connectivity index (χ2n) is 7.70. The summed E-state index contributed by atoms with van der Waals surface area (Å²) in [4.78, 5) is 17.9. The molecular weight excluding hydrogens is 304 g/mol. The van der Waals surface area contributed by atoms with Gasteiger partial charge in [-0.05, 0) is 28.0 Å². The third-order valence-electron chi connectivity index (χ3n) is 3.43. The quantitative estimate of drug-likeness (QED) is 0.623. The van der Waals surface area contributed by atoms with Crippen molar-refractivity contribution < 1.29 is 4.92 Å². The molecule has 0 radical (unpaired) electrons. The highest BCUT2D eigenvalue weighted by molar-refractivity contribution is 5.39. The largest absolute Gasteiger partial charge is 0.397 e. The Kier molecular flexibility index (Phi) is 6.01. The molecule has 2 aromatic heterocycles. The zero-order valence-corrected chi connectivity index (χ0v) is 15.2. The van der Waals surface area contributed by atoms with Crippen LogP contribution in [-0.4, -0.2) is 14.9 Å². The molecule has 0 aliphatic carbocycles. The number of nitrogen functional groups attached to an aromatic ring is 1. The second-order valence-corrected chi connectivity index (χ2v) is 7.70. The number of pyridine rings is 2. The lowest BCUT2D eigenvalue weighted by atomic mass is 9.88. The van der Waals surface area contributed by atoms with Crippen LogP contribution in [0.3, 0.4) is 0 Å². The Labute approximate surface area is 143 Å². The molecule has 0 saturated carbocycles. The molecule has 0 saturated heterocycles. The Morgan fingerprint density at radius 2 is 1.33 bits per heavy atom. The summed E-state index contributed by atoms with van der Waals surface area (Å²) in [6.45, 7) is 12.4. The highest BCUT2D eigenvalue weighted by atomic mass is 16.6. The minimum Gasteiger partial charge on any atom is -0.397 e. The van der Waals surface area contributed by atoms with Crippen LogP contribution in [0, 0.1) is 10.1 Å². The van der Waals surface area contributed by atoms with Crippen molar-refractivity contribution in [2.45, 2.75) is 52.4 Å². The molecular formula is C18H26N4O2. The van der Waals surface area contributed by atoms with Gasteiger partial charge in [-0.1, -0.05) is 41.5 Å². The molecule has 0 unspecified atom stereocenters. The average molecular weight is 330 g/mol. The van der Waals surface area contributed by atoms with E-state index >= 15 is 0 Å². The van der Waals surface area contributed by atoms with E-state index in [2.05, 4.69) is 30.7 Å². The van der Waals surface area contributed by atoms with Gasteiger partial charge in [0.2, 0.25) is 0 Å². The molecule has 6 heteroatoms. The molecule has 0 bridgehead atoms. The number of aromatic nitrogens is 2. The first kappa shape index (κ1) is 19.5. The molecule has 0 aliphatic heterocycles. The molecule has 2 rings (SSSR count). The predicted octanol–water partition coefficient (Wildman–Crippen LogP) is 4.25. The summed E-state index contributed by atoms with van der Waals surface area (Å²) < 4.78 is 0. The number of hydrogen-bond acceptors (Lipinski definition) is 5. The van der Waals surface area contributed by atoms with Gasteiger partial charge in [0.05, 0.1) is 10.6 Å². The number of rotatable bonds is 1. The number of nitro groups is 1. The van der Waals surface area contributed by atoms with E-state index in [0.717, 1.165) is 11.3 Å². The van der Waals surface area contributed by atoms with Crippen LogP contribution in [0.15, 0.2) is 36.9 Å². The summed E-state index contributed by atoms with van der Waals surface area (Å²) >= 11 is 0. The third kappa shape index (κ3) is 5.95. The van der Waals surface area contributed by atoms with Crippen molar-refractivity contribution in [2.24, 2.45) is 0 Å². The van der Waals surface area contributed by atoms with Gasteiger partial charge in [-0.2, -0.15) is 0 Å². The van der Waals surface area contributed by atoms with Crippen LogP contribution in [-0.2, 0) is 10.8 Å². The standard InChI is InChI=1S/C9H12N2O2.C9H14N2/c1-9(2,3)7-4-8(11(12)13)6-10-5-7;1-9(2,3)7-4-8(10)6-11-5-7/h4-6H,1-3H3;4-6H,10H2,1-3H3. The predicted molar refractivity (Wildman–Crippen MR) is 96.9 cm³/mol. The van der Waals surface area contributed by atoms with E-state index in [1.807, 2.05) is 33.0 Å². The highest BCUT2D eigenvalue weighted by Crippen LogP contribution is 2.24. The number of anilines is 1. The van der Waals surface area contributed by atoms with Crippen LogP contribution in [0.4, 0.5) is 11.4 Å². The molecule has 2 aromatic rings. The Morgan fingerprint density at radius 1 is 0.875 bits per heavy atom. The van der Waals surface area contributed by atoms with E-state index in [4.69, 9.17) is 5.73 Å². The van der Waals surface area contributed by atoms with E-state index in [0.29, 0.717) is 0 Å². The molecule has 0 aliphatic rings. The van der Waals surface area contributed by atoms with Crippen LogP contribution in [0.2, 0.25) is 0 Å². The summed E-state index contributed by atoms with van der Waals surface area (Å²) in [6, 6.07) is 3.53. The normalized spacial score (nSPS) is 11.4. The lowest BCUT2D eigenvalue weighted by molar-refractivity contribution is -0.385. The summed E-state index contributed by atoms with van der Waals surface area (Å²) in [5.74, 6) is 0. The summed E-state index contributed by atoms with van der Waals surface area (Å²) in [6.07, 6.45) is 6.44. The summed E-state index contributed by atoms with van der Waals surface area (Å²) in [5, 5.41) is 10.4. The first-order chi connectivity index (χ1) is 10.9. The lowest BCUT2D eigenvalue weighted by Crippen LogP contribution is -2.11. The molecule has 24 heavy (non-hydrogen) atoms. The van der Waals surface area contributed by atoms with Crippen molar-refractivity contribution >= 4 is 11.4 Å². The minimum atomic E-state index is -0.428. The van der Waals surface area contributed by atoms with Gasteiger partial charge in [-0.25, -0.2) is 0 Å². The van der Waals surface area contributed by atoms with Gasteiger partial charge in [0.25, 0.3) is 5.69 Å². The number of nitrogens with two attached hydrogens (primary N) is 1. The fraction of sp³-hybridized carbons (Fsp3) is 0.444. The molecule has 0 atom stereocenters. The Balaban J connectivity index is 0.000000243. The number of nitrogens with zero attached hydrogens (tertiary/aromatic N) is 3. The Morgan fingerprint density at radius 3 is 1.71 bits per heavy atom. The SMILES string of the molecule is CC(C)(C)c1cncc(N)c1.CC(C)(C)c1cncc([N+](=O)[O-])c1. The van der Waals surface area contributed by atoms with Crippen molar-refractivity contribution in [1.29, 1.82) is 0 Å². The molecule has 2 N–H and O–H groups in total. The smallest absolute Gasteiger partial charge is 0.287 e. The van der Waals surface area contributed by atoms with Crippen molar-refractivity contribution in [3.05, 3.63) is 58.2 Å². The fourth-order valence-corrected chi connectivity index (χ4v) is 1.81. The topological polar surface area (TPSA) is 94.9 Å². The second kappa shape index (κ2) is 7.38. The molecule has 6 nitrogen and oxygen atoms in total. The Bertz CT molecular complexity index is 701. The van der Waals surface area contributed by atoms with Gasteiger partial charge >= 0.3 is 0 Å². The maximum atomic E-state index is 10.4. The van der Waals surface area contributed by atoms with Crippen LogP contribution >= 0.6 is 0 Å². The summed E-state index contributed by atoms with van der Waals surface area (Å²) in [5.41, 5.74) is 8.47. The van der Waals surface area contributed by atoms with Gasteiger partial charge in [0, 0.05) is 24.7 Å². The van der Waals surface area contributed by atoms with Crippen molar-refractivity contribution in [3.63, 3.8) is 0 Å². The van der Waals surface area contributed by atoms with Crippen molar-refractivity contribution in [1.82, 2.24) is 9.97 Å². The maximum absolute atomic E-state index is 10.4. The fourth-order valence-electron chi connectivity index (χ4n) is 1.81. The molecule has 0 aromatic carbocycles. The van der Waals surface area contributed by atoms with Gasteiger partial charge in [-0.3, -0.25) is 20.1 Å². The third-order valence-corrected chi connectivity index (χ3v) is 3.43. The maximum Gasteiger partial charge on any atom is 0.287 e. The molecule has 130 valence electrons. The van der Waals surface area contributed by atoms with Crippen LogP contribution in [0.1, 0.15) is 52.7 Å². The first-order valence-electron chi connectivity index (χ1n) is 7.72. The molecule has 2 heterocycles. The van der Waals surface area contributed by atoms with Gasteiger partial charge < -0.3 is 5.73 Å². The average Bonchev–Trinajstić information content (AvgIpc) is 2.46. The van der Waals surface area contributed by atoms with Gasteiger partial charge in [-0.15, -0.1) is 0 Å². The Hall–Kier alpha value is -2.50. The molecule has 0 fully saturated rings. The first-order valence-corrected chi connectivity index (χ1v) is 7.72. The summed E-state index contributed by atoms with van der Waals surface area (Å²) in [7, 11) is 0. The van der Waals surface area contributed by atoms with Crippen molar-refractivity contribution in [2.75, 3.05) is 5.73 Å². The zero-order chi connectivity index (χ0) is 18.5. The van der Waals surface area contributed by atoms with Gasteiger partial charge in [0.1, 0.15) is 6.20 Å². The number of hydrogen-bond donors (Lipinski definition) is 1. The lowest BCUT2D eigenvalue weighted by Gasteiger charge is -2.18. The monoisotopic (exact) mass is 330 g/mol. The van der Waals surface area contributed by atoms with E-state index in [1.165, 1.54) is 11.8 Å². The van der Waals surface area contributed by atoms with Crippen molar-refractivity contribution in [3.8, 4) is 0 Å². The van der Waals surface area contributed by atoms with E-state index in [1.54, 1.807) is 18.5 Å². The molecule has 0 spiro atoms. The molecule has 0 amide bonds. The van der Waals surface area contributed by atoms with Crippen LogP contribution < -0.4 is 5.73 Å². The van der Waals surface area contributed by atoms with Crippen LogP contribution in [0.5, 0.6) is 0 Å². The van der Waals surface area contributed by atoms with E-state index in [-0.39, 0.29) is 16.5 Å².